The predicted octanol–water partition coefficient (Wildman–Crippen LogP) is 4.27. The molecule has 0 aliphatic heterocycles. The Morgan fingerprint density at radius 3 is 0.875 bits per heavy atom. The molecule has 6 nitrogen and oxygen atoms in total. The Balaban J connectivity index is 2.83. The number of hydrogen-bond donors (Lipinski definition) is 0. The van der Waals surface area contributed by atoms with Gasteiger partial charge in [-0.2, -0.15) is 31.6 Å². The van der Waals surface area contributed by atoms with Crippen LogP contribution in [0.15, 0.2) is 12.1 Å². The van der Waals surface area contributed by atoms with E-state index in [0.717, 1.165) is 12.1 Å². The number of nitriles is 6. The number of hydrogen-bond acceptors (Lipinski definition) is 6. The molecule has 0 heterocycles. The van der Waals surface area contributed by atoms with Crippen LogP contribution in [0, 0.1) is 115 Å². The summed E-state index contributed by atoms with van der Waals surface area (Å²) in [4.78, 5) is 0. The summed E-state index contributed by atoms with van der Waals surface area (Å²) in [5.74, 6) is -17.9. The lowest BCUT2D eigenvalue weighted by Gasteiger charge is -2.14. The first-order valence-corrected chi connectivity index (χ1v) is 10.0. The largest absolute Gasteiger partial charge is 0.203 e. The van der Waals surface area contributed by atoms with Crippen molar-refractivity contribution in [3.8, 4) is 58.7 Å². The van der Waals surface area contributed by atoms with Gasteiger partial charge in [-0.3, -0.25) is 0 Å². The van der Waals surface area contributed by atoms with Gasteiger partial charge in [0.1, 0.15) is 58.7 Å². The molecule has 0 aliphatic rings. The van der Waals surface area contributed by atoms with Crippen LogP contribution in [0.5, 0.6) is 0 Å². The molecule has 3 aromatic carbocycles. The SMILES string of the molecule is N#CC(C#N)=c1cc(-c2c(F)c(F)c(C#N)c(F)c2F)c(=C(C#N)C#N)cc1-c1c(F)c(F)c(C#N)c(F)c1F. The highest BCUT2D eigenvalue weighted by Crippen LogP contribution is 2.33. The van der Waals surface area contributed by atoms with Crippen molar-refractivity contribution in [2.24, 2.45) is 0 Å². The maximum Gasteiger partial charge on any atom is 0.180 e. The van der Waals surface area contributed by atoms with Crippen LogP contribution >= 0.6 is 0 Å². The van der Waals surface area contributed by atoms with E-state index in [-0.39, 0.29) is 0 Å². The van der Waals surface area contributed by atoms with E-state index >= 15 is 0 Å². The first kappa shape index (κ1) is 28.4. The first-order chi connectivity index (χ1) is 18.9. The van der Waals surface area contributed by atoms with E-state index in [1.165, 1.54) is 24.3 Å². The second kappa shape index (κ2) is 10.6. The first-order valence-electron chi connectivity index (χ1n) is 10.0. The zero-order valence-electron chi connectivity index (χ0n) is 18.9. The molecule has 14 heteroatoms. The van der Waals surface area contributed by atoms with Crippen molar-refractivity contribution in [3.05, 3.63) is 80.2 Å². The van der Waals surface area contributed by atoms with E-state index in [9.17, 15) is 56.2 Å². The summed E-state index contributed by atoms with van der Waals surface area (Å²) in [5.41, 5.74) is -11.3. The maximum atomic E-state index is 15.0. The third-order valence-electron chi connectivity index (χ3n) is 5.43. The summed E-state index contributed by atoms with van der Waals surface area (Å²) in [6.07, 6.45) is 0. The van der Waals surface area contributed by atoms with E-state index in [4.69, 9.17) is 10.5 Å². The van der Waals surface area contributed by atoms with Gasteiger partial charge in [-0.25, -0.2) is 35.1 Å². The lowest BCUT2D eigenvalue weighted by molar-refractivity contribution is 0.454. The Kier molecular flexibility index (Phi) is 7.54. The number of nitrogens with zero attached hydrogens (tertiary/aromatic N) is 6. The van der Waals surface area contributed by atoms with Crippen LogP contribution in [0.2, 0.25) is 0 Å². The number of halogens is 8. The minimum absolute atomic E-state index is 0.320. The molecule has 0 fully saturated rings. The van der Waals surface area contributed by atoms with Gasteiger partial charge in [0.2, 0.25) is 0 Å². The van der Waals surface area contributed by atoms with E-state index in [1.54, 1.807) is 0 Å². The molecule has 3 rings (SSSR count). The van der Waals surface area contributed by atoms with E-state index in [1.807, 2.05) is 0 Å². The standard InChI is InChI=1S/C26H2F8N6/c27-19-15(7-39)20(28)24(32)17(23(19)31)13-1-11(9(3-35)4-36)14(2-12(13)10(5-37)6-38)18-25(33)21(29)16(8-40)22(30)26(18)34/h1-2H. The quantitative estimate of drug-likeness (QED) is 0.345. The normalized spacial score (nSPS) is 9.85. The molecule has 3 aromatic rings. The van der Waals surface area contributed by atoms with Gasteiger partial charge >= 0.3 is 0 Å². The van der Waals surface area contributed by atoms with Gasteiger partial charge in [0, 0.05) is 10.4 Å². The molecule has 0 saturated heterocycles. The highest BCUT2D eigenvalue weighted by Gasteiger charge is 2.30. The van der Waals surface area contributed by atoms with Crippen molar-refractivity contribution < 1.29 is 35.1 Å². The highest BCUT2D eigenvalue weighted by molar-refractivity contribution is 5.86. The smallest absolute Gasteiger partial charge is 0.180 e. The van der Waals surface area contributed by atoms with Crippen LogP contribution in [-0.2, 0) is 0 Å². The molecule has 0 radical (unpaired) electrons. The fourth-order valence-corrected chi connectivity index (χ4v) is 3.65. The average Bonchev–Trinajstić information content (AvgIpc) is 2.94. The predicted molar refractivity (Wildman–Crippen MR) is 115 cm³/mol. The van der Waals surface area contributed by atoms with Gasteiger partial charge in [0.25, 0.3) is 0 Å². The Bertz CT molecular complexity index is 1820. The zero-order chi connectivity index (χ0) is 30.0. The second-order valence-electron chi connectivity index (χ2n) is 7.38. The van der Waals surface area contributed by atoms with Crippen molar-refractivity contribution >= 4 is 11.1 Å². The zero-order valence-corrected chi connectivity index (χ0v) is 18.9. The number of rotatable bonds is 2. The molecule has 0 aliphatic carbocycles. The highest BCUT2D eigenvalue weighted by atomic mass is 19.2. The van der Waals surface area contributed by atoms with Crippen LogP contribution in [0.25, 0.3) is 33.4 Å². The fourth-order valence-electron chi connectivity index (χ4n) is 3.65. The lowest BCUT2D eigenvalue weighted by atomic mass is 9.90. The Hall–Kier alpha value is -6.22. The molecule has 0 unspecified atom stereocenters. The molecule has 40 heavy (non-hydrogen) atoms. The Morgan fingerprint density at radius 1 is 0.425 bits per heavy atom. The topological polar surface area (TPSA) is 143 Å². The monoisotopic (exact) mass is 550 g/mol. The summed E-state index contributed by atoms with van der Waals surface area (Å²) in [5, 5.41) is 53.1. The van der Waals surface area contributed by atoms with Gasteiger partial charge in [-0.05, 0) is 23.3 Å². The molecular weight excluding hydrogens is 548 g/mol. The summed E-state index contributed by atoms with van der Waals surface area (Å²) < 4.78 is 118. The van der Waals surface area contributed by atoms with Gasteiger partial charge in [-0.1, -0.05) is 0 Å². The minimum atomic E-state index is -2.24. The van der Waals surface area contributed by atoms with E-state index < -0.39 is 102 Å². The third-order valence-corrected chi connectivity index (χ3v) is 5.43. The van der Waals surface area contributed by atoms with E-state index in [0.29, 0.717) is 12.1 Å². The van der Waals surface area contributed by atoms with E-state index in [2.05, 4.69) is 0 Å². The molecule has 0 aromatic heterocycles. The van der Waals surface area contributed by atoms with Crippen LogP contribution in [0.3, 0.4) is 0 Å². The fraction of sp³-hybridized carbons (Fsp3) is 0. The van der Waals surface area contributed by atoms with Gasteiger partial charge in [0.05, 0.1) is 11.1 Å². The second-order valence-corrected chi connectivity index (χ2v) is 7.38. The number of benzene rings is 3. The van der Waals surface area contributed by atoms with Crippen molar-refractivity contribution in [2.45, 2.75) is 0 Å². The van der Waals surface area contributed by atoms with Crippen molar-refractivity contribution in [2.75, 3.05) is 0 Å². The van der Waals surface area contributed by atoms with Crippen molar-refractivity contribution in [1.82, 2.24) is 0 Å². The Morgan fingerprint density at radius 2 is 0.675 bits per heavy atom. The van der Waals surface area contributed by atoms with Gasteiger partial charge in [0.15, 0.2) is 46.5 Å². The third kappa shape index (κ3) is 4.09. The average molecular weight is 550 g/mol. The Labute approximate surface area is 217 Å². The molecule has 0 saturated carbocycles. The van der Waals surface area contributed by atoms with Crippen LogP contribution in [0.1, 0.15) is 11.1 Å². The molecule has 0 spiro atoms. The van der Waals surface area contributed by atoms with Crippen molar-refractivity contribution in [3.63, 3.8) is 0 Å². The van der Waals surface area contributed by atoms with Crippen LogP contribution < -0.4 is 10.4 Å². The summed E-state index contributed by atoms with van der Waals surface area (Å²) in [7, 11) is 0. The molecule has 0 amide bonds. The van der Waals surface area contributed by atoms with Gasteiger partial charge in [-0.15, -0.1) is 0 Å². The van der Waals surface area contributed by atoms with Crippen LogP contribution in [0.4, 0.5) is 35.1 Å². The molecular formula is C26H2F8N6. The lowest BCUT2D eigenvalue weighted by Crippen LogP contribution is -2.22. The maximum absolute atomic E-state index is 15.0. The molecule has 0 atom stereocenters. The summed E-state index contributed by atoms with van der Waals surface area (Å²) in [6.45, 7) is 0. The van der Waals surface area contributed by atoms with Crippen LogP contribution in [-0.4, -0.2) is 0 Å². The molecule has 0 N–H and O–H groups in total. The van der Waals surface area contributed by atoms with Gasteiger partial charge < -0.3 is 0 Å². The summed E-state index contributed by atoms with van der Waals surface area (Å²) >= 11 is 0. The minimum Gasteiger partial charge on any atom is -0.203 e. The molecule has 192 valence electrons. The molecule has 0 bridgehead atoms. The summed E-state index contributed by atoms with van der Waals surface area (Å²) in [6, 6.07) is 7.41. The van der Waals surface area contributed by atoms with Crippen molar-refractivity contribution in [1.29, 1.82) is 31.6 Å².